The number of Topliss-reactive ketones (excluding diaryl/α,β-unsaturated/α-hetero) is 1. The third kappa shape index (κ3) is 4.64. The summed E-state index contributed by atoms with van der Waals surface area (Å²) in [4.78, 5) is 11.6. The Morgan fingerprint density at radius 3 is 2.13 bits per heavy atom. The molecule has 0 spiro atoms. The maximum Gasteiger partial charge on any atom is 0.189 e. The van der Waals surface area contributed by atoms with Crippen LogP contribution >= 0.6 is 0 Å². The molecule has 23 heavy (non-hydrogen) atoms. The smallest absolute Gasteiger partial charge is 0.189 e. The van der Waals surface area contributed by atoms with E-state index in [1.807, 2.05) is 0 Å². The summed E-state index contributed by atoms with van der Waals surface area (Å²) in [5.41, 5.74) is 0. The van der Waals surface area contributed by atoms with Crippen LogP contribution in [0.3, 0.4) is 0 Å². The number of aliphatic hydroxyl groups excluding tert-OH is 8. The molecule has 0 amide bonds. The fourth-order valence-electron chi connectivity index (χ4n) is 2.07. The topological polar surface area (TPSA) is 197 Å². The van der Waals surface area contributed by atoms with Crippen LogP contribution in [0.4, 0.5) is 0 Å². The summed E-state index contributed by atoms with van der Waals surface area (Å²) in [5.74, 6) is -1.08. The minimum Gasteiger partial charge on any atom is -0.394 e. The molecule has 136 valence electrons. The molecule has 0 aromatic carbocycles. The quantitative estimate of drug-likeness (QED) is 0.209. The van der Waals surface area contributed by atoms with Crippen LogP contribution in [-0.2, 0) is 14.3 Å². The minimum absolute atomic E-state index is 0.731. The van der Waals surface area contributed by atoms with E-state index >= 15 is 0 Å². The maximum absolute atomic E-state index is 11.6. The van der Waals surface area contributed by atoms with E-state index in [0.717, 1.165) is 0 Å². The van der Waals surface area contributed by atoms with Gasteiger partial charge in [0.05, 0.1) is 13.2 Å². The summed E-state index contributed by atoms with van der Waals surface area (Å²) in [6.07, 6.45) is -13.9. The van der Waals surface area contributed by atoms with Crippen molar-refractivity contribution in [3.63, 3.8) is 0 Å². The molecule has 0 aliphatic carbocycles. The van der Waals surface area contributed by atoms with E-state index in [4.69, 9.17) is 24.8 Å². The first kappa shape index (κ1) is 20.3. The summed E-state index contributed by atoms with van der Waals surface area (Å²) in [7, 11) is 0. The molecular formula is C12H22O11. The average Bonchev–Trinajstić information content (AvgIpc) is 2.57. The van der Waals surface area contributed by atoms with Gasteiger partial charge in [-0.3, -0.25) is 4.79 Å². The van der Waals surface area contributed by atoms with Crippen molar-refractivity contribution in [2.45, 2.75) is 49.0 Å². The number of aliphatic hydroxyl groups is 8. The molecule has 11 heteroatoms. The van der Waals surface area contributed by atoms with Crippen LogP contribution in [0.1, 0.15) is 0 Å². The van der Waals surface area contributed by atoms with Gasteiger partial charge in [0.25, 0.3) is 0 Å². The number of ether oxygens (including phenoxy) is 2. The molecule has 0 aromatic heterocycles. The number of carbonyl (C=O) groups excluding carboxylic acids is 1. The van der Waals surface area contributed by atoms with Gasteiger partial charge in [-0.25, -0.2) is 0 Å². The molecule has 0 bridgehead atoms. The second-order valence-corrected chi connectivity index (χ2v) is 5.12. The van der Waals surface area contributed by atoms with Gasteiger partial charge in [0.2, 0.25) is 0 Å². The molecule has 11 nitrogen and oxygen atoms in total. The molecule has 0 radical (unpaired) electrons. The van der Waals surface area contributed by atoms with Gasteiger partial charge in [-0.2, -0.15) is 0 Å². The van der Waals surface area contributed by atoms with E-state index in [9.17, 15) is 30.3 Å². The van der Waals surface area contributed by atoms with Crippen molar-refractivity contribution in [1.29, 1.82) is 0 Å². The molecule has 1 saturated heterocycles. The van der Waals surface area contributed by atoms with Crippen molar-refractivity contribution in [2.24, 2.45) is 0 Å². The molecule has 8 atom stereocenters. The van der Waals surface area contributed by atoms with E-state index in [0.29, 0.717) is 0 Å². The number of rotatable bonds is 8. The molecule has 8 unspecified atom stereocenters. The van der Waals surface area contributed by atoms with Crippen LogP contribution in [0.2, 0.25) is 0 Å². The first-order chi connectivity index (χ1) is 10.8. The highest BCUT2D eigenvalue weighted by Gasteiger charge is 2.46. The van der Waals surface area contributed by atoms with Gasteiger partial charge in [-0.1, -0.05) is 0 Å². The summed E-state index contributed by atoms with van der Waals surface area (Å²) in [5, 5.41) is 74.9. The van der Waals surface area contributed by atoms with Gasteiger partial charge >= 0.3 is 0 Å². The van der Waals surface area contributed by atoms with Crippen LogP contribution in [0.25, 0.3) is 0 Å². The van der Waals surface area contributed by atoms with Crippen LogP contribution in [0.15, 0.2) is 0 Å². The normalized spacial score (nSPS) is 35.6. The van der Waals surface area contributed by atoms with Gasteiger partial charge in [0.1, 0.15) is 49.3 Å². The van der Waals surface area contributed by atoms with E-state index in [1.54, 1.807) is 0 Å². The van der Waals surface area contributed by atoms with E-state index in [-0.39, 0.29) is 0 Å². The van der Waals surface area contributed by atoms with E-state index < -0.39 is 74.6 Å². The van der Waals surface area contributed by atoms with Crippen LogP contribution in [0, 0.1) is 0 Å². The largest absolute Gasteiger partial charge is 0.394 e. The Hall–Kier alpha value is -0.730. The molecule has 8 N–H and O–H groups in total. The monoisotopic (exact) mass is 342 g/mol. The molecule has 0 saturated carbocycles. The van der Waals surface area contributed by atoms with Crippen LogP contribution < -0.4 is 0 Å². The lowest BCUT2D eigenvalue weighted by Gasteiger charge is -2.41. The highest BCUT2D eigenvalue weighted by molar-refractivity contribution is 5.84. The van der Waals surface area contributed by atoms with Gasteiger partial charge < -0.3 is 50.3 Å². The van der Waals surface area contributed by atoms with Crippen molar-refractivity contribution in [3.05, 3.63) is 0 Å². The molecule has 1 heterocycles. The van der Waals surface area contributed by atoms with E-state index in [2.05, 4.69) is 0 Å². The highest BCUT2D eigenvalue weighted by atomic mass is 16.7. The zero-order chi connectivity index (χ0) is 17.7. The van der Waals surface area contributed by atoms with Gasteiger partial charge in [-0.05, 0) is 0 Å². The third-order valence-corrected chi connectivity index (χ3v) is 3.49. The van der Waals surface area contributed by atoms with Crippen LogP contribution in [0.5, 0.6) is 0 Å². The molecular weight excluding hydrogens is 320 g/mol. The lowest BCUT2D eigenvalue weighted by molar-refractivity contribution is -0.315. The zero-order valence-electron chi connectivity index (χ0n) is 12.0. The summed E-state index contributed by atoms with van der Waals surface area (Å²) in [6.45, 7) is -2.71. The Morgan fingerprint density at radius 2 is 1.65 bits per heavy atom. The molecule has 1 rings (SSSR count). The van der Waals surface area contributed by atoms with Crippen molar-refractivity contribution >= 4 is 5.78 Å². The number of hydrogen-bond acceptors (Lipinski definition) is 11. The van der Waals surface area contributed by atoms with Crippen molar-refractivity contribution in [2.75, 3.05) is 19.8 Å². The van der Waals surface area contributed by atoms with Crippen molar-refractivity contribution in [1.82, 2.24) is 0 Å². The first-order valence-electron chi connectivity index (χ1n) is 6.85. The second kappa shape index (κ2) is 8.94. The average molecular weight is 342 g/mol. The predicted octanol–water partition coefficient (Wildman–Crippen LogP) is -5.55. The van der Waals surface area contributed by atoms with Crippen LogP contribution in [-0.4, -0.2) is 115 Å². The fraction of sp³-hybridized carbons (Fsp3) is 0.917. The Kier molecular flexibility index (Phi) is 7.89. The lowest BCUT2D eigenvalue weighted by atomic mass is 9.98. The summed E-state index contributed by atoms with van der Waals surface area (Å²) < 4.78 is 10.0. The predicted molar refractivity (Wildman–Crippen MR) is 69.8 cm³/mol. The molecule has 1 aliphatic heterocycles. The SMILES string of the molecule is O=C(CO)C(OC1OC(CO)C(O)C(O)C1O)C(O)C(O)CO. The highest BCUT2D eigenvalue weighted by Crippen LogP contribution is 2.24. The summed E-state index contributed by atoms with van der Waals surface area (Å²) >= 11 is 0. The third-order valence-electron chi connectivity index (χ3n) is 3.49. The zero-order valence-corrected chi connectivity index (χ0v) is 12.0. The van der Waals surface area contributed by atoms with E-state index in [1.165, 1.54) is 0 Å². The van der Waals surface area contributed by atoms with Gasteiger partial charge in [0.15, 0.2) is 12.1 Å². The molecule has 1 fully saturated rings. The fourth-order valence-corrected chi connectivity index (χ4v) is 2.07. The number of hydrogen-bond donors (Lipinski definition) is 8. The molecule has 1 aliphatic rings. The molecule has 0 aromatic rings. The Morgan fingerprint density at radius 1 is 1.04 bits per heavy atom. The number of ketones is 1. The standard InChI is InChI=1S/C12H22O11/c13-1-4(16)7(18)11(5(17)2-14)23-12-10(21)9(20)8(19)6(3-15)22-12/h4,6-16,18-21H,1-3H2. The van der Waals surface area contributed by atoms with Crippen molar-refractivity contribution in [3.8, 4) is 0 Å². The van der Waals surface area contributed by atoms with Gasteiger partial charge in [-0.15, -0.1) is 0 Å². The Labute approximate surface area is 130 Å². The number of carbonyl (C=O) groups is 1. The Balaban J connectivity index is 2.91. The Bertz CT molecular complexity index is 376. The minimum atomic E-state index is -1.95. The maximum atomic E-state index is 11.6. The first-order valence-corrected chi connectivity index (χ1v) is 6.85. The lowest BCUT2D eigenvalue weighted by Crippen LogP contribution is -2.61. The van der Waals surface area contributed by atoms with Crippen molar-refractivity contribution < 1.29 is 55.1 Å². The summed E-state index contributed by atoms with van der Waals surface area (Å²) in [6, 6.07) is 0. The second-order valence-electron chi connectivity index (χ2n) is 5.12. The van der Waals surface area contributed by atoms with Gasteiger partial charge in [0, 0.05) is 0 Å².